The lowest BCUT2D eigenvalue weighted by Crippen LogP contribution is -2.11. The second kappa shape index (κ2) is 7.34. The van der Waals surface area contributed by atoms with Gasteiger partial charge < -0.3 is 10.1 Å². The van der Waals surface area contributed by atoms with Gasteiger partial charge in [-0.15, -0.1) is 0 Å². The fourth-order valence-electron chi connectivity index (χ4n) is 1.75. The van der Waals surface area contributed by atoms with Gasteiger partial charge in [0, 0.05) is 21.3 Å². The van der Waals surface area contributed by atoms with Crippen molar-refractivity contribution in [2.45, 2.75) is 13.3 Å². The zero-order valence-electron chi connectivity index (χ0n) is 11.5. The molecule has 0 saturated heterocycles. The number of rotatable bonds is 5. The minimum atomic E-state index is -0.227. The fourth-order valence-corrected chi connectivity index (χ4v) is 2.28. The van der Waals surface area contributed by atoms with Crippen LogP contribution in [0.15, 0.2) is 42.5 Å². The van der Waals surface area contributed by atoms with Gasteiger partial charge in [0.05, 0.1) is 6.61 Å². The molecule has 3 nitrogen and oxygen atoms in total. The predicted molar refractivity (Wildman–Crippen MR) is 86.6 cm³/mol. The molecule has 0 aliphatic rings. The summed E-state index contributed by atoms with van der Waals surface area (Å²) >= 11 is 11.8. The molecule has 2 rings (SSSR count). The van der Waals surface area contributed by atoms with Crippen molar-refractivity contribution in [3.05, 3.63) is 58.1 Å². The van der Waals surface area contributed by atoms with Crippen molar-refractivity contribution >= 4 is 34.8 Å². The summed E-state index contributed by atoms with van der Waals surface area (Å²) in [5.41, 5.74) is 1.10. The topological polar surface area (TPSA) is 38.3 Å². The van der Waals surface area contributed by atoms with E-state index < -0.39 is 0 Å². The Hall–Kier alpha value is -1.71. The quantitative estimate of drug-likeness (QED) is 0.837. The number of hydrogen-bond donors (Lipinski definition) is 1. The molecule has 0 atom stereocenters. The molecule has 0 unspecified atom stereocenters. The highest BCUT2D eigenvalue weighted by atomic mass is 35.5. The Morgan fingerprint density at radius 1 is 1.10 bits per heavy atom. The van der Waals surface area contributed by atoms with Gasteiger partial charge in [0.15, 0.2) is 0 Å². The van der Waals surface area contributed by atoms with Crippen molar-refractivity contribution in [3.63, 3.8) is 0 Å². The zero-order chi connectivity index (χ0) is 15.2. The maximum atomic E-state index is 12.1. The summed E-state index contributed by atoms with van der Waals surface area (Å²) in [4.78, 5) is 12.1. The average molecular weight is 324 g/mol. The zero-order valence-corrected chi connectivity index (χ0v) is 13.0. The molecule has 0 heterocycles. The number of carbonyl (C=O) groups is 1. The Bertz CT molecular complexity index is 606. The summed E-state index contributed by atoms with van der Waals surface area (Å²) in [5.74, 6) is 0.523. The normalized spacial score (nSPS) is 10.2. The summed E-state index contributed by atoms with van der Waals surface area (Å²) in [7, 11) is 0. The molecule has 0 fully saturated rings. The van der Waals surface area contributed by atoms with Crippen molar-refractivity contribution in [1.29, 1.82) is 0 Å². The van der Waals surface area contributed by atoms with E-state index in [2.05, 4.69) is 5.32 Å². The summed E-state index contributed by atoms with van der Waals surface area (Å²) in [6.45, 7) is 2.70. The van der Waals surface area contributed by atoms with Crippen LogP contribution in [0, 0.1) is 0 Å². The number of nitrogens with one attached hydrogen (secondary N) is 1. The molecular formula is C16H15Cl2NO2. The number of halogens is 2. The lowest BCUT2D eigenvalue weighted by Gasteiger charge is -2.08. The first kappa shape index (κ1) is 15.7. The van der Waals surface area contributed by atoms with Crippen LogP contribution in [0.25, 0.3) is 0 Å². The van der Waals surface area contributed by atoms with E-state index in [9.17, 15) is 4.79 Å². The lowest BCUT2D eigenvalue weighted by atomic mass is 10.2. The SMILES string of the molecule is CCCOc1ccc(C(=O)Nc2cc(Cl)cc(Cl)c2)cc1. The van der Waals surface area contributed by atoms with Crippen molar-refractivity contribution in [2.75, 3.05) is 11.9 Å². The van der Waals surface area contributed by atoms with Gasteiger partial charge in [-0.25, -0.2) is 0 Å². The van der Waals surface area contributed by atoms with E-state index in [1.165, 1.54) is 0 Å². The van der Waals surface area contributed by atoms with Gasteiger partial charge in [0.1, 0.15) is 5.75 Å². The molecule has 0 spiro atoms. The Kier molecular flexibility index (Phi) is 5.48. The van der Waals surface area contributed by atoms with Gasteiger partial charge in [0.2, 0.25) is 0 Å². The molecule has 1 amide bonds. The average Bonchev–Trinajstić information content (AvgIpc) is 2.44. The number of amides is 1. The van der Waals surface area contributed by atoms with Gasteiger partial charge in [-0.2, -0.15) is 0 Å². The number of ether oxygens (including phenoxy) is 1. The highest BCUT2D eigenvalue weighted by Gasteiger charge is 2.07. The van der Waals surface area contributed by atoms with Crippen LogP contribution in [0.5, 0.6) is 5.75 Å². The monoisotopic (exact) mass is 323 g/mol. The second-order valence-corrected chi connectivity index (χ2v) is 5.36. The lowest BCUT2D eigenvalue weighted by molar-refractivity contribution is 0.102. The van der Waals surface area contributed by atoms with Gasteiger partial charge in [-0.1, -0.05) is 30.1 Å². The maximum Gasteiger partial charge on any atom is 0.255 e. The first-order valence-electron chi connectivity index (χ1n) is 6.59. The first-order valence-corrected chi connectivity index (χ1v) is 7.34. The largest absolute Gasteiger partial charge is 0.494 e. The van der Waals surface area contributed by atoms with E-state index in [0.717, 1.165) is 12.2 Å². The van der Waals surface area contributed by atoms with Crippen LogP contribution in [0.4, 0.5) is 5.69 Å². The molecule has 2 aromatic rings. The Balaban J connectivity index is 2.06. The third-order valence-corrected chi connectivity index (χ3v) is 3.15. The van der Waals surface area contributed by atoms with Gasteiger partial charge in [-0.3, -0.25) is 4.79 Å². The van der Waals surface area contributed by atoms with E-state index in [1.807, 2.05) is 6.92 Å². The van der Waals surface area contributed by atoms with E-state index in [4.69, 9.17) is 27.9 Å². The molecule has 0 bridgehead atoms. The van der Waals surface area contributed by atoms with Gasteiger partial charge >= 0.3 is 0 Å². The minimum absolute atomic E-state index is 0.227. The van der Waals surface area contributed by atoms with Crippen LogP contribution in [0.2, 0.25) is 10.0 Å². The third kappa shape index (κ3) is 4.66. The van der Waals surface area contributed by atoms with Crippen molar-refractivity contribution in [2.24, 2.45) is 0 Å². The number of anilines is 1. The van der Waals surface area contributed by atoms with E-state index in [0.29, 0.717) is 27.9 Å². The van der Waals surface area contributed by atoms with Crippen LogP contribution in [-0.4, -0.2) is 12.5 Å². The van der Waals surface area contributed by atoms with Gasteiger partial charge in [-0.05, 0) is 48.9 Å². The third-order valence-electron chi connectivity index (χ3n) is 2.71. The number of hydrogen-bond acceptors (Lipinski definition) is 2. The summed E-state index contributed by atoms with van der Waals surface area (Å²) in [6.07, 6.45) is 0.942. The Morgan fingerprint density at radius 3 is 2.29 bits per heavy atom. The van der Waals surface area contributed by atoms with Crippen molar-refractivity contribution in [1.82, 2.24) is 0 Å². The molecule has 0 aliphatic carbocycles. The van der Waals surface area contributed by atoms with Gasteiger partial charge in [0.25, 0.3) is 5.91 Å². The van der Waals surface area contributed by atoms with Crippen LogP contribution in [0.3, 0.4) is 0 Å². The molecule has 0 aliphatic heterocycles. The van der Waals surface area contributed by atoms with Crippen LogP contribution in [0.1, 0.15) is 23.7 Å². The molecule has 21 heavy (non-hydrogen) atoms. The molecule has 2 aromatic carbocycles. The summed E-state index contributed by atoms with van der Waals surface area (Å²) in [6, 6.07) is 11.9. The van der Waals surface area contributed by atoms with Crippen molar-refractivity contribution < 1.29 is 9.53 Å². The standard InChI is InChI=1S/C16H15Cl2NO2/c1-2-7-21-15-5-3-11(4-6-15)16(20)19-14-9-12(17)8-13(18)10-14/h3-6,8-10H,2,7H2,1H3,(H,19,20). The molecule has 5 heteroatoms. The van der Waals surface area contributed by atoms with E-state index in [-0.39, 0.29) is 5.91 Å². The van der Waals surface area contributed by atoms with E-state index >= 15 is 0 Å². The number of benzene rings is 2. The number of carbonyl (C=O) groups excluding carboxylic acids is 1. The molecule has 0 aromatic heterocycles. The summed E-state index contributed by atoms with van der Waals surface area (Å²) < 4.78 is 5.47. The Labute approximate surface area is 133 Å². The fraction of sp³-hybridized carbons (Fsp3) is 0.188. The second-order valence-electron chi connectivity index (χ2n) is 4.49. The van der Waals surface area contributed by atoms with Crippen LogP contribution < -0.4 is 10.1 Å². The highest BCUT2D eigenvalue weighted by Crippen LogP contribution is 2.23. The minimum Gasteiger partial charge on any atom is -0.494 e. The molecule has 110 valence electrons. The summed E-state index contributed by atoms with van der Waals surface area (Å²) in [5, 5.41) is 3.70. The first-order chi connectivity index (χ1) is 10.1. The Morgan fingerprint density at radius 2 is 1.71 bits per heavy atom. The van der Waals surface area contributed by atoms with E-state index in [1.54, 1.807) is 42.5 Å². The molecule has 0 saturated carbocycles. The van der Waals surface area contributed by atoms with Crippen LogP contribution >= 0.6 is 23.2 Å². The van der Waals surface area contributed by atoms with Crippen LogP contribution in [-0.2, 0) is 0 Å². The molecular weight excluding hydrogens is 309 g/mol. The van der Waals surface area contributed by atoms with Crippen molar-refractivity contribution in [3.8, 4) is 5.75 Å². The maximum absolute atomic E-state index is 12.1. The predicted octanol–water partition coefficient (Wildman–Crippen LogP) is 5.03. The highest BCUT2D eigenvalue weighted by molar-refractivity contribution is 6.35. The molecule has 1 N–H and O–H groups in total. The molecule has 0 radical (unpaired) electrons. The smallest absolute Gasteiger partial charge is 0.255 e.